The fourth-order valence-electron chi connectivity index (χ4n) is 9.17. The average Bonchev–Trinajstić information content (AvgIpc) is 3.72. The average molecular weight is 724 g/mol. The smallest absolute Gasteiger partial charge is 0.156 e. The van der Waals surface area contributed by atoms with E-state index in [1.807, 2.05) is 17.4 Å². The number of hydrogen-bond donors (Lipinski definition) is 0. The third-order valence-electron chi connectivity index (χ3n) is 11.8. The maximum atomic E-state index is 6.91. The number of thiophene rings is 1. The molecule has 12 rings (SSSR count). The summed E-state index contributed by atoms with van der Waals surface area (Å²) in [5.41, 5.74) is 15.0. The topological polar surface area (TPSA) is 21.7 Å². The van der Waals surface area contributed by atoms with Crippen molar-refractivity contribution in [3.8, 4) is 67.5 Å². The van der Waals surface area contributed by atoms with Crippen molar-refractivity contribution in [2.75, 3.05) is 4.90 Å². The van der Waals surface area contributed by atoms with Crippen molar-refractivity contribution in [2.24, 2.45) is 0 Å². The summed E-state index contributed by atoms with van der Waals surface area (Å²) in [5, 5.41) is 2.57. The van der Waals surface area contributed by atoms with E-state index in [1.165, 1.54) is 53.6 Å². The van der Waals surface area contributed by atoms with Crippen molar-refractivity contribution in [1.82, 2.24) is 0 Å². The van der Waals surface area contributed by atoms with Gasteiger partial charge in [-0.25, -0.2) is 0 Å². The minimum Gasteiger partial charge on any atom is -0.453 e. The Bertz CT molecular complexity index is 3080. The number of hydrogen-bond acceptors (Lipinski definition) is 4. The lowest BCUT2D eigenvalue weighted by molar-refractivity contribution is 0.446. The van der Waals surface area contributed by atoms with Crippen molar-refractivity contribution in [3.63, 3.8) is 0 Å². The summed E-state index contributed by atoms with van der Waals surface area (Å²) in [6.45, 7) is 4.67. The number of benzene rings is 8. The van der Waals surface area contributed by atoms with Gasteiger partial charge in [-0.2, -0.15) is 0 Å². The standard InChI is InChI=1S/C51H33NO2S/c1-51(2)39-16-8-6-13-36(39)37-22-19-31(25-40(37)51)32-20-23-41-43(26-32)53-45-28-34(30-11-4-3-5-12-30)29-46-50(45)52(41)42-24-21-33(27-44(42)54-46)35-15-10-18-48-49(35)38-14-7-9-17-47(38)55-48/h3-29H,1-2H3. The molecule has 0 radical (unpaired) electrons. The highest BCUT2D eigenvalue weighted by Gasteiger charge is 2.37. The summed E-state index contributed by atoms with van der Waals surface area (Å²) >= 11 is 1.84. The number of nitrogens with zero attached hydrogens (tertiary/aromatic N) is 1. The van der Waals surface area contributed by atoms with Crippen LogP contribution >= 0.6 is 11.3 Å². The quantitative estimate of drug-likeness (QED) is 0.181. The van der Waals surface area contributed by atoms with Crippen molar-refractivity contribution >= 4 is 48.6 Å². The van der Waals surface area contributed by atoms with Crippen LogP contribution in [0.15, 0.2) is 164 Å². The largest absolute Gasteiger partial charge is 0.453 e. The second-order valence-electron chi connectivity index (χ2n) is 15.3. The van der Waals surface area contributed by atoms with Crippen molar-refractivity contribution in [2.45, 2.75) is 19.3 Å². The van der Waals surface area contributed by atoms with Crippen LogP contribution in [0.4, 0.5) is 17.1 Å². The van der Waals surface area contributed by atoms with E-state index in [-0.39, 0.29) is 5.41 Å². The summed E-state index contributed by atoms with van der Waals surface area (Å²) in [5.74, 6) is 3.18. The first kappa shape index (κ1) is 30.8. The minimum atomic E-state index is -0.0752. The number of rotatable bonds is 3. The number of ether oxygens (including phenoxy) is 2. The predicted molar refractivity (Wildman–Crippen MR) is 228 cm³/mol. The molecule has 8 aromatic carbocycles. The lowest BCUT2D eigenvalue weighted by Gasteiger charge is -2.38. The van der Waals surface area contributed by atoms with E-state index in [2.05, 4.69) is 176 Å². The van der Waals surface area contributed by atoms with Gasteiger partial charge in [-0.05, 0) is 110 Å². The van der Waals surface area contributed by atoms with E-state index in [0.29, 0.717) is 0 Å². The fourth-order valence-corrected chi connectivity index (χ4v) is 10.3. The summed E-state index contributed by atoms with van der Waals surface area (Å²) in [7, 11) is 0. The maximum Gasteiger partial charge on any atom is 0.156 e. The van der Waals surface area contributed by atoms with Crippen LogP contribution in [0.5, 0.6) is 23.0 Å². The molecule has 0 bridgehead atoms. The van der Waals surface area contributed by atoms with Gasteiger partial charge in [0.2, 0.25) is 0 Å². The minimum absolute atomic E-state index is 0.0752. The van der Waals surface area contributed by atoms with Crippen LogP contribution in [0.2, 0.25) is 0 Å². The van der Waals surface area contributed by atoms with Crippen molar-refractivity contribution in [3.05, 3.63) is 175 Å². The van der Waals surface area contributed by atoms with Gasteiger partial charge in [0.1, 0.15) is 5.69 Å². The Morgan fingerprint density at radius 3 is 1.85 bits per heavy atom. The first-order valence-corrected chi connectivity index (χ1v) is 19.6. The van der Waals surface area contributed by atoms with Crippen LogP contribution in [0.25, 0.3) is 64.7 Å². The van der Waals surface area contributed by atoms with E-state index in [9.17, 15) is 0 Å². The number of anilines is 3. The van der Waals surface area contributed by atoms with Crippen molar-refractivity contribution < 1.29 is 9.47 Å². The summed E-state index contributed by atoms with van der Waals surface area (Å²) in [6, 6.07) is 59.1. The molecule has 2 aliphatic heterocycles. The van der Waals surface area contributed by atoms with E-state index >= 15 is 0 Å². The normalized spacial score (nSPS) is 14.0. The van der Waals surface area contributed by atoms with Gasteiger partial charge in [-0.1, -0.05) is 123 Å². The van der Waals surface area contributed by atoms with Gasteiger partial charge in [0.05, 0.1) is 11.4 Å². The molecule has 3 nitrogen and oxygen atoms in total. The zero-order valence-corrected chi connectivity index (χ0v) is 31.1. The van der Waals surface area contributed by atoms with E-state index < -0.39 is 0 Å². The number of fused-ring (bicyclic) bond motifs is 10. The van der Waals surface area contributed by atoms with Gasteiger partial charge in [-0.3, -0.25) is 4.90 Å². The Morgan fingerprint density at radius 2 is 1.04 bits per heavy atom. The lowest BCUT2D eigenvalue weighted by atomic mass is 9.81. The van der Waals surface area contributed by atoms with Gasteiger partial charge in [0.15, 0.2) is 23.0 Å². The molecule has 1 aliphatic carbocycles. The van der Waals surface area contributed by atoms with E-state index in [4.69, 9.17) is 9.47 Å². The molecular formula is C51H33NO2S. The predicted octanol–water partition coefficient (Wildman–Crippen LogP) is 15.0. The SMILES string of the molecule is CC1(C)c2ccccc2-c2ccc(-c3ccc4c(c3)Oc3cc(-c5ccccc5)cc5c3N4c3ccc(-c4cccc6sc7ccccc7c46)cc3O5)cc21. The summed E-state index contributed by atoms with van der Waals surface area (Å²) < 4.78 is 16.4. The fraction of sp³-hybridized carbons (Fsp3) is 0.0588. The van der Waals surface area contributed by atoms with Crippen LogP contribution in [-0.2, 0) is 5.41 Å². The van der Waals surface area contributed by atoms with Gasteiger partial charge in [-0.15, -0.1) is 11.3 Å². The first-order valence-electron chi connectivity index (χ1n) is 18.8. The van der Waals surface area contributed by atoms with Gasteiger partial charge in [0.25, 0.3) is 0 Å². The molecule has 4 heteroatoms. The highest BCUT2D eigenvalue weighted by molar-refractivity contribution is 7.25. The zero-order valence-electron chi connectivity index (χ0n) is 30.3. The third-order valence-corrected chi connectivity index (χ3v) is 13.0. The molecule has 1 aromatic heterocycles. The van der Waals surface area contributed by atoms with Crippen LogP contribution in [0, 0.1) is 0 Å². The lowest BCUT2D eigenvalue weighted by Crippen LogP contribution is -2.20. The monoisotopic (exact) mass is 723 g/mol. The second kappa shape index (κ2) is 11.2. The Morgan fingerprint density at radius 1 is 0.436 bits per heavy atom. The summed E-state index contributed by atoms with van der Waals surface area (Å²) in [6.07, 6.45) is 0. The molecular weight excluding hydrogens is 691 g/mol. The Hall–Kier alpha value is -6.62. The molecule has 0 saturated heterocycles. The molecule has 0 spiro atoms. The zero-order chi connectivity index (χ0) is 36.4. The van der Waals surface area contributed by atoms with Gasteiger partial charge >= 0.3 is 0 Å². The molecule has 55 heavy (non-hydrogen) atoms. The molecule has 0 atom stereocenters. The maximum absolute atomic E-state index is 6.91. The molecule has 0 N–H and O–H groups in total. The highest BCUT2D eigenvalue weighted by Crippen LogP contribution is 2.61. The summed E-state index contributed by atoms with van der Waals surface area (Å²) in [4.78, 5) is 2.33. The molecule has 0 fully saturated rings. The molecule has 9 aromatic rings. The van der Waals surface area contributed by atoms with E-state index in [0.717, 1.165) is 62.3 Å². The molecule has 0 unspecified atom stereocenters. The molecule has 0 saturated carbocycles. The third kappa shape index (κ3) is 4.43. The second-order valence-corrected chi connectivity index (χ2v) is 16.4. The van der Waals surface area contributed by atoms with Crippen LogP contribution in [0.1, 0.15) is 25.0 Å². The van der Waals surface area contributed by atoms with Crippen LogP contribution in [0.3, 0.4) is 0 Å². The molecule has 3 heterocycles. The van der Waals surface area contributed by atoms with Crippen LogP contribution in [-0.4, -0.2) is 0 Å². The molecule has 0 amide bonds. The van der Waals surface area contributed by atoms with Crippen molar-refractivity contribution in [1.29, 1.82) is 0 Å². The van der Waals surface area contributed by atoms with E-state index in [1.54, 1.807) is 0 Å². The van der Waals surface area contributed by atoms with Crippen LogP contribution < -0.4 is 14.4 Å². The Balaban J connectivity index is 1.02. The Labute approximate surface area is 323 Å². The Kier molecular flexibility index (Phi) is 6.27. The first-order chi connectivity index (χ1) is 27.0. The molecule has 260 valence electrons. The molecule has 3 aliphatic rings. The van der Waals surface area contributed by atoms with Gasteiger partial charge in [0, 0.05) is 25.6 Å². The highest BCUT2D eigenvalue weighted by atomic mass is 32.1. The van der Waals surface area contributed by atoms with Gasteiger partial charge < -0.3 is 9.47 Å².